The zero-order valence-corrected chi connectivity index (χ0v) is 12.7. The molecule has 0 bridgehead atoms. The zero-order valence-electron chi connectivity index (χ0n) is 12.7. The number of unbranched alkanes of at least 4 members (excludes halogenated alkanes) is 10. The zero-order chi connectivity index (χ0) is 14.0. The van der Waals surface area contributed by atoms with Crippen molar-refractivity contribution >= 4 is 6.47 Å². The van der Waals surface area contributed by atoms with Gasteiger partial charge < -0.3 is 4.74 Å². The maximum Gasteiger partial charge on any atom is 0.293 e. The number of rotatable bonds is 15. The number of allylic oxidation sites excluding steroid dienone is 2. The molecule has 19 heavy (non-hydrogen) atoms. The quantitative estimate of drug-likeness (QED) is 0.225. The molecule has 0 saturated carbocycles. The van der Waals surface area contributed by atoms with Crippen LogP contribution in [0, 0.1) is 0 Å². The average molecular weight is 268 g/mol. The molecule has 0 heterocycles. The van der Waals surface area contributed by atoms with E-state index in [0.29, 0.717) is 13.1 Å². The highest BCUT2D eigenvalue weighted by atomic mass is 16.5. The second-order valence-corrected chi connectivity index (χ2v) is 5.20. The highest BCUT2D eigenvalue weighted by Gasteiger charge is 1.90. The van der Waals surface area contributed by atoms with E-state index in [-0.39, 0.29) is 0 Å². The molecule has 0 saturated heterocycles. The van der Waals surface area contributed by atoms with E-state index in [4.69, 9.17) is 0 Å². The van der Waals surface area contributed by atoms with E-state index in [0.717, 1.165) is 6.42 Å². The molecule has 0 unspecified atom stereocenters. The van der Waals surface area contributed by atoms with Crippen LogP contribution >= 0.6 is 0 Å². The fourth-order valence-corrected chi connectivity index (χ4v) is 2.13. The van der Waals surface area contributed by atoms with Crippen molar-refractivity contribution in [3.05, 3.63) is 12.2 Å². The number of carbonyl (C=O) groups is 1. The van der Waals surface area contributed by atoms with Crippen LogP contribution in [-0.4, -0.2) is 13.1 Å². The third-order valence-corrected chi connectivity index (χ3v) is 3.34. The van der Waals surface area contributed by atoms with E-state index in [1.165, 1.54) is 70.6 Å². The van der Waals surface area contributed by atoms with Crippen molar-refractivity contribution < 1.29 is 9.53 Å². The van der Waals surface area contributed by atoms with Crippen LogP contribution in [-0.2, 0) is 9.53 Å². The molecule has 0 aromatic rings. The van der Waals surface area contributed by atoms with E-state index in [1.807, 2.05) is 0 Å². The van der Waals surface area contributed by atoms with Gasteiger partial charge in [0.1, 0.15) is 0 Å². The average Bonchev–Trinajstić information content (AvgIpc) is 2.43. The second kappa shape index (κ2) is 17.2. The first-order chi connectivity index (χ1) is 9.41. The molecule has 112 valence electrons. The molecule has 0 rings (SSSR count). The van der Waals surface area contributed by atoms with Crippen LogP contribution in [0.1, 0.15) is 84.0 Å². The van der Waals surface area contributed by atoms with Crippen LogP contribution < -0.4 is 0 Å². The van der Waals surface area contributed by atoms with Crippen molar-refractivity contribution in [2.75, 3.05) is 6.61 Å². The summed E-state index contributed by atoms with van der Waals surface area (Å²) in [6.07, 6.45) is 20.1. The molecular formula is C17H32O2. The van der Waals surface area contributed by atoms with Crippen molar-refractivity contribution in [1.29, 1.82) is 0 Å². The van der Waals surface area contributed by atoms with Gasteiger partial charge in [0.05, 0.1) is 6.61 Å². The first-order valence-corrected chi connectivity index (χ1v) is 8.12. The summed E-state index contributed by atoms with van der Waals surface area (Å²) in [4.78, 5) is 9.91. The number of hydrogen-bond donors (Lipinski definition) is 0. The van der Waals surface area contributed by atoms with Crippen molar-refractivity contribution in [1.82, 2.24) is 0 Å². The Labute approximate surface area is 119 Å². The smallest absolute Gasteiger partial charge is 0.293 e. The van der Waals surface area contributed by atoms with Crippen molar-refractivity contribution in [3.8, 4) is 0 Å². The van der Waals surface area contributed by atoms with Gasteiger partial charge in [0.2, 0.25) is 0 Å². The van der Waals surface area contributed by atoms with E-state index in [9.17, 15) is 4.79 Å². The summed E-state index contributed by atoms with van der Waals surface area (Å²) < 4.78 is 4.65. The first kappa shape index (κ1) is 18.2. The van der Waals surface area contributed by atoms with Gasteiger partial charge in [-0.3, -0.25) is 4.79 Å². The largest absolute Gasteiger partial charge is 0.468 e. The topological polar surface area (TPSA) is 26.3 Å². The molecule has 0 amide bonds. The first-order valence-electron chi connectivity index (χ1n) is 8.12. The minimum atomic E-state index is 0.535. The lowest BCUT2D eigenvalue weighted by Crippen LogP contribution is -1.91. The summed E-state index contributed by atoms with van der Waals surface area (Å²) in [5.41, 5.74) is 0. The van der Waals surface area contributed by atoms with Gasteiger partial charge in [0.15, 0.2) is 0 Å². The summed E-state index contributed by atoms with van der Waals surface area (Å²) in [6.45, 7) is 3.38. The van der Waals surface area contributed by atoms with Crippen LogP contribution in [0.2, 0.25) is 0 Å². The standard InChI is InChI=1S/C17H32O2/c1-2-3-4-5-6-7-8-9-10-11-12-13-14-15-16-19-17-18/h8-9,17H,2-7,10-16H2,1H3. The molecule has 0 atom stereocenters. The van der Waals surface area contributed by atoms with Gasteiger partial charge in [0.25, 0.3) is 6.47 Å². The molecule has 0 aromatic carbocycles. The SMILES string of the molecule is CCCCCCCC=CCCCCCCCOC=O. The Balaban J connectivity index is 3.02. The second-order valence-electron chi connectivity index (χ2n) is 5.20. The lowest BCUT2D eigenvalue weighted by molar-refractivity contribution is -0.128. The fraction of sp³-hybridized carbons (Fsp3) is 0.824. The lowest BCUT2D eigenvalue weighted by atomic mass is 10.1. The molecule has 2 heteroatoms. The molecule has 0 aromatic heterocycles. The van der Waals surface area contributed by atoms with Gasteiger partial charge in [-0.25, -0.2) is 0 Å². The van der Waals surface area contributed by atoms with E-state index < -0.39 is 0 Å². The minimum Gasteiger partial charge on any atom is -0.468 e. The predicted molar refractivity (Wildman–Crippen MR) is 82.2 cm³/mol. The Morgan fingerprint density at radius 2 is 1.26 bits per heavy atom. The third kappa shape index (κ3) is 17.2. The molecule has 0 spiro atoms. The summed E-state index contributed by atoms with van der Waals surface area (Å²) in [5, 5.41) is 0. The number of carbonyl (C=O) groups excluding carboxylic acids is 1. The summed E-state index contributed by atoms with van der Waals surface area (Å²) in [7, 11) is 0. The van der Waals surface area contributed by atoms with Gasteiger partial charge in [-0.05, 0) is 32.1 Å². The third-order valence-electron chi connectivity index (χ3n) is 3.34. The highest BCUT2D eigenvalue weighted by molar-refractivity contribution is 5.36. The number of hydrogen-bond acceptors (Lipinski definition) is 2. The van der Waals surface area contributed by atoms with Crippen LogP contribution in [0.5, 0.6) is 0 Å². The van der Waals surface area contributed by atoms with Crippen LogP contribution in [0.4, 0.5) is 0 Å². The van der Waals surface area contributed by atoms with Crippen molar-refractivity contribution in [3.63, 3.8) is 0 Å². The maximum atomic E-state index is 9.91. The van der Waals surface area contributed by atoms with Crippen LogP contribution in [0.3, 0.4) is 0 Å². The van der Waals surface area contributed by atoms with Gasteiger partial charge >= 0.3 is 0 Å². The van der Waals surface area contributed by atoms with E-state index in [1.54, 1.807) is 0 Å². The Hall–Kier alpha value is -0.790. The number of ether oxygens (including phenoxy) is 1. The summed E-state index contributed by atoms with van der Waals surface area (Å²) >= 11 is 0. The van der Waals surface area contributed by atoms with Crippen LogP contribution in [0.15, 0.2) is 12.2 Å². The van der Waals surface area contributed by atoms with Gasteiger partial charge in [-0.15, -0.1) is 0 Å². The van der Waals surface area contributed by atoms with E-state index in [2.05, 4.69) is 23.8 Å². The lowest BCUT2D eigenvalue weighted by Gasteiger charge is -1.99. The van der Waals surface area contributed by atoms with Crippen molar-refractivity contribution in [2.24, 2.45) is 0 Å². The Bertz CT molecular complexity index is 199. The molecule has 2 nitrogen and oxygen atoms in total. The Morgan fingerprint density at radius 3 is 1.84 bits per heavy atom. The molecule has 0 fully saturated rings. The molecule has 0 aliphatic heterocycles. The minimum absolute atomic E-state index is 0.535. The van der Waals surface area contributed by atoms with Gasteiger partial charge in [-0.2, -0.15) is 0 Å². The highest BCUT2D eigenvalue weighted by Crippen LogP contribution is 2.08. The Morgan fingerprint density at radius 1 is 0.737 bits per heavy atom. The van der Waals surface area contributed by atoms with Crippen LogP contribution in [0.25, 0.3) is 0 Å². The van der Waals surface area contributed by atoms with Crippen molar-refractivity contribution in [2.45, 2.75) is 84.0 Å². The van der Waals surface area contributed by atoms with Gasteiger partial charge in [-0.1, -0.05) is 64.0 Å². The molecule has 0 N–H and O–H groups in total. The summed E-state index contributed by atoms with van der Waals surface area (Å²) in [6, 6.07) is 0. The Kier molecular flexibility index (Phi) is 16.5. The fourth-order valence-electron chi connectivity index (χ4n) is 2.13. The maximum absolute atomic E-state index is 9.91. The molecular weight excluding hydrogens is 236 g/mol. The monoisotopic (exact) mass is 268 g/mol. The molecule has 0 aliphatic carbocycles. The summed E-state index contributed by atoms with van der Waals surface area (Å²) in [5.74, 6) is 0. The molecule has 0 aliphatic rings. The predicted octanol–water partition coefficient (Wildman–Crippen LogP) is 5.42. The normalized spacial score (nSPS) is 11.0. The molecule has 0 radical (unpaired) electrons. The van der Waals surface area contributed by atoms with Gasteiger partial charge in [0, 0.05) is 0 Å². The van der Waals surface area contributed by atoms with E-state index >= 15 is 0 Å².